The Balaban J connectivity index is 2.69. The van der Waals surface area contributed by atoms with Crippen molar-refractivity contribution in [2.24, 2.45) is 0 Å². The molecule has 3 aromatic rings. The first-order chi connectivity index (χ1) is 6.88. The molecule has 1 heterocycles. The SMILES string of the molecule is Sn1c2ccccc2c2ccccc21. The molecule has 0 aliphatic rings. The van der Waals surface area contributed by atoms with Gasteiger partial charge in [0.1, 0.15) is 0 Å². The number of hydrogen-bond acceptors (Lipinski definition) is 1. The van der Waals surface area contributed by atoms with Gasteiger partial charge < -0.3 is 0 Å². The third kappa shape index (κ3) is 0.917. The normalized spacial score (nSPS) is 11.2. The van der Waals surface area contributed by atoms with E-state index in [0.717, 1.165) is 11.0 Å². The maximum Gasteiger partial charge on any atom is 0.0602 e. The van der Waals surface area contributed by atoms with Crippen LogP contribution in [0.2, 0.25) is 0 Å². The molecule has 1 aromatic heterocycles. The molecule has 14 heavy (non-hydrogen) atoms. The van der Waals surface area contributed by atoms with Crippen LogP contribution < -0.4 is 0 Å². The molecule has 0 bridgehead atoms. The van der Waals surface area contributed by atoms with Crippen LogP contribution in [0.3, 0.4) is 0 Å². The van der Waals surface area contributed by atoms with E-state index in [9.17, 15) is 0 Å². The van der Waals surface area contributed by atoms with Crippen molar-refractivity contribution in [1.82, 2.24) is 3.97 Å². The lowest BCUT2D eigenvalue weighted by Gasteiger charge is -1.93. The largest absolute Gasteiger partial charge is 0.286 e. The van der Waals surface area contributed by atoms with Crippen molar-refractivity contribution >= 4 is 34.6 Å². The predicted octanol–water partition coefficient (Wildman–Crippen LogP) is 3.49. The van der Waals surface area contributed by atoms with Gasteiger partial charge >= 0.3 is 0 Å². The lowest BCUT2D eigenvalue weighted by atomic mass is 10.2. The molecular formula is C12H9NS. The Morgan fingerprint density at radius 1 is 0.714 bits per heavy atom. The summed E-state index contributed by atoms with van der Waals surface area (Å²) in [6.07, 6.45) is 0. The summed E-state index contributed by atoms with van der Waals surface area (Å²) in [6, 6.07) is 16.6. The zero-order valence-corrected chi connectivity index (χ0v) is 8.41. The highest BCUT2D eigenvalue weighted by Crippen LogP contribution is 2.28. The molecule has 0 aliphatic heterocycles. The summed E-state index contributed by atoms with van der Waals surface area (Å²) in [4.78, 5) is 0. The van der Waals surface area contributed by atoms with Crippen molar-refractivity contribution in [3.05, 3.63) is 48.5 Å². The van der Waals surface area contributed by atoms with Gasteiger partial charge in [-0.15, -0.1) is 0 Å². The summed E-state index contributed by atoms with van der Waals surface area (Å²) in [5, 5.41) is 2.52. The molecule has 68 valence electrons. The van der Waals surface area contributed by atoms with E-state index in [0.29, 0.717) is 0 Å². The van der Waals surface area contributed by atoms with Crippen molar-refractivity contribution in [2.75, 3.05) is 0 Å². The minimum atomic E-state index is 1.16. The van der Waals surface area contributed by atoms with Crippen LogP contribution in [0.4, 0.5) is 0 Å². The third-order valence-corrected chi connectivity index (χ3v) is 2.99. The maximum absolute atomic E-state index is 4.48. The Morgan fingerprint density at radius 2 is 1.14 bits per heavy atom. The van der Waals surface area contributed by atoms with Crippen molar-refractivity contribution < 1.29 is 0 Å². The van der Waals surface area contributed by atoms with E-state index in [1.54, 1.807) is 0 Å². The van der Waals surface area contributed by atoms with E-state index in [4.69, 9.17) is 0 Å². The van der Waals surface area contributed by atoms with Gasteiger partial charge in [0, 0.05) is 10.8 Å². The van der Waals surface area contributed by atoms with Crippen LogP contribution in [0.25, 0.3) is 21.8 Å². The van der Waals surface area contributed by atoms with Crippen molar-refractivity contribution in [1.29, 1.82) is 0 Å². The third-order valence-electron chi connectivity index (χ3n) is 2.55. The summed E-state index contributed by atoms with van der Waals surface area (Å²) in [6.45, 7) is 0. The van der Waals surface area contributed by atoms with Crippen molar-refractivity contribution in [3.8, 4) is 0 Å². The van der Waals surface area contributed by atoms with Gasteiger partial charge in [-0.3, -0.25) is 3.97 Å². The van der Waals surface area contributed by atoms with Gasteiger partial charge in [-0.2, -0.15) is 0 Å². The highest BCUT2D eigenvalue weighted by atomic mass is 32.1. The number of para-hydroxylation sites is 2. The topological polar surface area (TPSA) is 4.93 Å². The predicted molar refractivity (Wildman–Crippen MR) is 63.8 cm³/mol. The number of rotatable bonds is 0. The second-order valence-corrected chi connectivity index (χ2v) is 3.75. The van der Waals surface area contributed by atoms with Gasteiger partial charge in [0.25, 0.3) is 0 Å². The van der Waals surface area contributed by atoms with Crippen molar-refractivity contribution in [3.63, 3.8) is 0 Å². The molecule has 0 aliphatic carbocycles. The first-order valence-corrected chi connectivity index (χ1v) is 4.95. The first-order valence-electron chi connectivity index (χ1n) is 4.55. The Labute approximate surface area is 87.5 Å². The molecule has 0 unspecified atom stereocenters. The lowest BCUT2D eigenvalue weighted by Crippen LogP contribution is -1.76. The van der Waals surface area contributed by atoms with Crippen LogP contribution >= 0.6 is 12.8 Å². The van der Waals surface area contributed by atoms with Crippen LogP contribution in [0.5, 0.6) is 0 Å². The van der Waals surface area contributed by atoms with E-state index >= 15 is 0 Å². The summed E-state index contributed by atoms with van der Waals surface area (Å²) >= 11 is 4.48. The molecule has 0 atom stereocenters. The zero-order chi connectivity index (χ0) is 9.54. The highest BCUT2D eigenvalue weighted by molar-refractivity contribution is 7.79. The van der Waals surface area contributed by atoms with Gasteiger partial charge in [-0.25, -0.2) is 0 Å². The number of aromatic nitrogens is 1. The monoisotopic (exact) mass is 199 g/mol. The fraction of sp³-hybridized carbons (Fsp3) is 0. The molecule has 0 radical (unpaired) electrons. The summed E-state index contributed by atoms with van der Waals surface area (Å²) in [5.41, 5.74) is 2.33. The standard InChI is InChI=1S/C12H9NS/c14-13-11-7-3-1-5-9(11)10-6-2-4-8-12(10)13/h1-8,14H. The van der Waals surface area contributed by atoms with Crippen LogP contribution in [0.1, 0.15) is 0 Å². The molecule has 0 saturated heterocycles. The van der Waals surface area contributed by atoms with Crippen LogP contribution in [0.15, 0.2) is 48.5 Å². The number of nitrogens with zero attached hydrogens (tertiary/aromatic N) is 1. The smallest absolute Gasteiger partial charge is 0.0602 e. The summed E-state index contributed by atoms with van der Waals surface area (Å²) in [7, 11) is 0. The minimum absolute atomic E-state index is 1.16. The number of benzene rings is 2. The molecule has 0 N–H and O–H groups in total. The molecule has 0 amide bonds. The molecule has 3 rings (SSSR count). The van der Waals surface area contributed by atoms with Crippen LogP contribution in [-0.2, 0) is 0 Å². The Bertz CT molecular complexity index is 557. The Morgan fingerprint density at radius 3 is 1.64 bits per heavy atom. The molecule has 2 aromatic carbocycles. The highest BCUT2D eigenvalue weighted by Gasteiger charge is 2.05. The van der Waals surface area contributed by atoms with Gasteiger partial charge in [-0.05, 0) is 12.1 Å². The van der Waals surface area contributed by atoms with E-state index in [1.807, 2.05) is 16.1 Å². The molecule has 0 saturated carbocycles. The number of thiol groups is 1. The summed E-state index contributed by atoms with van der Waals surface area (Å²) in [5.74, 6) is 0. The minimum Gasteiger partial charge on any atom is -0.286 e. The zero-order valence-electron chi connectivity index (χ0n) is 7.51. The van der Waals surface area contributed by atoms with Crippen molar-refractivity contribution in [2.45, 2.75) is 0 Å². The maximum atomic E-state index is 4.48. The van der Waals surface area contributed by atoms with E-state index in [2.05, 4.69) is 49.2 Å². The fourth-order valence-electron chi connectivity index (χ4n) is 1.90. The molecular weight excluding hydrogens is 190 g/mol. The first kappa shape index (κ1) is 7.94. The molecule has 1 nitrogen and oxygen atoms in total. The molecule has 0 spiro atoms. The van der Waals surface area contributed by atoms with Gasteiger partial charge in [0.2, 0.25) is 0 Å². The Kier molecular flexibility index (Phi) is 1.58. The number of fused-ring (bicyclic) bond motifs is 3. The van der Waals surface area contributed by atoms with Crippen LogP contribution in [0, 0.1) is 0 Å². The van der Waals surface area contributed by atoms with Gasteiger partial charge in [0.15, 0.2) is 0 Å². The quantitative estimate of drug-likeness (QED) is 0.529. The fourth-order valence-corrected chi connectivity index (χ4v) is 2.25. The molecule has 2 heteroatoms. The summed E-state index contributed by atoms with van der Waals surface area (Å²) < 4.78 is 1.94. The van der Waals surface area contributed by atoms with E-state index in [1.165, 1.54) is 10.8 Å². The average Bonchev–Trinajstić information content (AvgIpc) is 2.55. The van der Waals surface area contributed by atoms with E-state index in [-0.39, 0.29) is 0 Å². The van der Waals surface area contributed by atoms with Crippen LogP contribution in [-0.4, -0.2) is 3.97 Å². The van der Waals surface area contributed by atoms with E-state index < -0.39 is 0 Å². The second kappa shape index (κ2) is 2.79. The lowest BCUT2D eigenvalue weighted by molar-refractivity contribution is 1.44. The van der Waals surface area contributed by atoms with Gasteiger partial charge in [-0.1, -0.05) is 49.2 Å². The molecule has 0 fully saturated rings. The second-order valence-electron chi connectivity index (χ2n) is 3.35. The average molecular weight is 199 g/mol. The Hall–Kier alpha value is -1.41. The van der Waals surface area contributed by atoms with Gasteiger partial charge in [0.05, 0.1) is 11.0 Å². The number of hydrogen-bond donors (Lipinski definition) is 1.